The van der Waals surface area contributed by atoms with Crippen molar-refractivity contribution in [3.05, 3.63) is 39.8 Å². The Morgan fingerprint density at radius 1 is 1.23 bits per heavy atom. The second-order valence-corrected chi connectivity index (χ2v) is 8.00. The lowest BCUT2D eigenvalue weighted by molar-refractivity contribution is -0.117. The first-order chi connectivity index (χ1) is 12.4. The van der Waals surface area contributed by atoms with Gasteiger partial charge < -0.3 is 15.5 Å². The van der Waals surface area contributed by atoms with E-state index in [-0.39, 0.29) is 30.2 Å². The standard InChI is InChI=1S/C17H17BrN4O3S/c1-22(9-14(23)20-13-6-4-11(18)8-19-13)17(25)12-5-7-15(26-12)21-16(24)10-2-3-10/h4-8,10H,2-3,9H2,1H3,(H,21,24)(H,19,20,23). The summed E-state index contributed by atoms with van der Waals surface area (Å²) in [5.41, 5.74) is 0. The molecule has 0 unspecified atom stereocenters. The van der Waals surface area contributed by atoms with Crippen molar-refractivity contribution in [3.63, 3.8) is 0 Å². The molecule has 1 fully saturated rings. The van der Waals surface area contributed by atoms with E-state index in [1.807, 2.05) is 0 Å². The minimum Gasteiger partial charge on any atom is -0.332 e. The van der Waals surface area contributed by atoms with E-state index < -0.39 is 0 Å². The van der Waals surface area contributed by atoms with Crippen molar-refractivity contribution >= 4 is 55.8 Å². The van der Waals surface area contributed by atoms with Gasteiger partial charge in [0.15, 0.2) is 0 Å². The van der Waals surface area contributed by atoms with Gasteiger partial charge in [0, 0.05) is 23.6 Å². The van der Waals surface area contributed by atoms with Crippen molar-refractivity contribution in [2.24, 2.45) is 5.92 Å². The van der Waals surface area contributed by atoms with Gasteiger partial charge in [-0.25, -0.2) is 4.98 Å². The molecule has 9 heteroatoms. The van der Waals surface area contributed by atoms with Crippen LogP contribution in [-0.4, -0.2) is 41.2 Å². The third kappa shape index (κ3) is 4.89. The van der Waals surface area contributed by atoms with Crippen LogP contribution >= 0.6 is 27.3 Å². The van der Waals surface area contributed by atoms with Crippen LogP contribution in [-0.2, 0) is 9.59 Å². The average Bonchev–Trinajstić information content (AvgIpc) is 3.36. The Bertz CT molecular complexity index is 833. The number of aromatic nitrogens is 1. The Balaban J connectivity index is 1.53. The fraction of sp³-hybridized carbons (Fsp3) is 0.294. The zero-order valence-corrected chi connectivity index (χ0v) is 16.4. The van der Waals surface area contributed by atoms with E-state index in [4.69, 9.17) is 0 Å². The van der Waals surface area contributed by atoms with Crippen LogP contribution in [0.1, 0.15) is 22.5 Å². The monoisotopic (exact) mass is 436 g/mol. The molecule has 1 aliphatic carbocycles. The fourth-order valence-corrected chi connectivity index (χ4v) is 3.33. The summed E-state index contributed by atoms with van der Waals surface area (Å²) in [4.78, 5) is 42.1. The summed E-state index contributed by atoms with van der Waals surface area (Å²) < 4.78 is 0.810. The number of carbonyl (C=O) groups is 3. The molecule has 1 aliphatic rings. The summed E-state index contributed by atoms with van der Waals surface area (Å²) in [6.07, 6.45) is 3.43. The highest BCUT2D eigenvalue weighted by molar-refractivity contribution is 9.10. The lowest BCUT2D eigenvalue weighted by Crippen LogP contribution is -2.34. The Morgan fingerprint density at radius 2 is 2.00 bits per heavy atom. The van der Waals surface area contributed by atoms with Gasteiger partial charge in [0.05, 0.1) is 16.4 Å². The van der Waals surface area contributed by atoms with Crippen molar-refractivity contribution in [2.75, 3.05) is 24.2 Å². The first-order valence-corrected chi connectivity index (χ1v) is 9.61. The molecule has 0 spiro atoms. The second kappa shape index (κ2) is 7.96. The number of carbonyl (C=O) groups excluding carboxylic acids is 3. The first-order valence-electron chi connectivity index (χ1n) is 8.00. The summed E-state index contributed by atoms with van der Waals surface area (Å²) >= 11 is 4.47. The van der Waals surface area contributed by atoms with Crippen LogP contribution in [0.15, 0.2) is 34.9 Å². The largest absolute Gasteiger partial charge is 0.332 e. The molecule has 2 aromatic heterocycles. The molecule has 0 radical (unpaired) electrons. The summed E-state index contributed by atoms with van der Waals surface area (Å²) in [6, 6.07) is 6.79. The summed E-state index contributed by atoms with van der Waals surface area (Å²) in [7, 11) is 1.55. The molecule has 0 bridgehead atoms. The third-order valence-electron chi connectivity index (χ3n) is 3.73. The van der Waals surface area contributed by atoms with Gasteiger partial charge in [-0.3, -0.25) is 14.4 Å². The topological polar surface area (TPSA) is 91.4 Å². The number of amides is 3. The van der Waals surface area contributed by atoms with Gasteiger partial charge in [0.1, 0.15) is 5.82 Å². The first kappa shape index (κ1) is 18.5. The number of pyridine rings is 1. The lowest BCUT2D eigenvalue weighted by Gasteiger charge is -2.15. The molecule has 2 aromatic rings. The van der Waals surface area contributed by atoms with Crippen LogP contribution in [0.3, 0.4) is 0 Å². The highest BCUT2D eigenvalue weighted by Crippen LogP contribution is 2.31. The number of likely N-dealkylation sites (N-methyl/N-ethyl adjacent to an activating group) is 1. The predicted octanol–water partition coefficient (Wildman–Crippen LogP) is 2.96. The molecule has 2 heterocycles. The molecule has 3 rings (SSSR count). The van der Waals surface area contributed by atoms with Crippen molar-refractivity contribution in [3.8, 4) is 0 Å². The molecule has 1 saturated carbocycles. The molecule has 0 atom stereocenters. The van der Waals surface area contributed by atoms with Crippen LogP contribution in [0.25, 0.3) is 0 Å². The Kier molecular flexibility index (Phi) is 5.67. The molecule has 0 aromatic carbocycles. The van der Waals surface area contributed by atoms with E-state index >= 15 is 0 Å². The van der Waals surface area contributed by atoms with E-state index in [1.165, 1.54) is 16.2 Å². The van der Waals surface area contributed by atoms with Crippen LogP contribution in [0.2, 0.25) is 0 Å². The second-order valence-electron chi connectivity index (χ2n) is 6.00. The molecule has 3 amide bonds. The van der Waals surface area contributed by atoms with Crippen molar-refractivity contribution in [1.82, 2.24) is 9.88 Å². The van der Waals surface area contributed by atoms with Gasteiger partial charge in [-0.1, -0.05) is 0 Å². The normalized spacial score (nSPS) is 13.2. The van der Waals surface area contributed by atoms with Crippen molar-refractivity contribution in [2.45, 2.75) is 12.8 Å². The van der Waals surface area contributed by atoms with Crippen LogP contribution in [0.5, 0.6) is 0 Å². The number of hydrogen-bond donors (Lipinski definition) is 2. The van der Waals surface area contributed by atoms with Gasteiger partial charge in [-0.05, 0) is 53.0 Å². The maximum absolute atomic E-state index is 12.4. The van der Waals surface area contributed by atoms with Gasteiger partial charge in [0.25, 0.3) is 5.91 Å². The smallest absolute Gasteiger partial charge is 0.264 e. The Labute approximate surface area is 162 Å². The third-order valence-corrected chi connectivity index (χ3v) is 5.19. The lowest BCUT2D eigenvalue weighted by atomic mass is 10.4. The quantitative estimate of drug-likeness (QED) is 0.727. The van der Waals surface area contributed by atoms with Gasteiger partial charge >= 0.3 is 0 Å². The fourth-order valence-electron chi connectivity index (χ4n) is 2.20. The number of thiophene rings is 1. The number of nitrogens with one attached hydrogen (secondary N) is 2. The number of halogens is 1. The average molecular weight is 437 g/mol. The SMILES string of the molecule is CN(CC(=O)Nc1ccc(Br)cn1)C(=O)c1ccc(NC(=O)C2CC2)s1. The highest BCUT2D eigenvalue weighted by atomic mass is 79.9. The molecule has 0 saturated heterocycles. The Morgan fingerprint density at radius 3 is 2.65 bits per heavy atom. The van der Waals surface area contributed by atoms with Crippen LogP contribution in [0, 0.1) is 5.92 Å². The molecular formula is C17H17BrN4O3S. The molecule has 136 valence electrons. The Hall–Kier alpha value is -2.26. The van der Waals surface area contributed by atoms with Crippen molar-refractivity contribution < 1.29 is 14.4 Å². The molecule has 26 heavy (non-hydrogen) atoms. The summed E-state index contributed by atoms with van der Waals surface area (Å²) in [5, 5.41) is 6.09. The minimum atomic E-state index is -0.338. The number of nitrogens with zero attached hydrogens (tertiary/aromatic N) is 2. The van der Waals surface area contributed by atoms with E-state index in [9.17, 15) is 14.4 Å². The predicted molar refractivity (Wildman–Crippen MR) is 103 cm³/mol. The zero-order valence-electron chi connectivity index (χ0n) is 14.0. The van der Waals surface area contributed by atoms with Crippen LogP contribution in [0.4, 0.5) is 10.8 Å². The van der Waals surface area contributed by atoms with E-state index in [0.29, 0.717) is 15.7 Å². The van der Waals surface area contributed by atoms with E-state index in [2.05, 4.69) is 31.5 Å². The highest BCUT2D eigenvalue weighted by Gasteiger charge is 2.30. The molecule has 0 aliphatic heterocycles. The number of rotatable bonds is 6. The zero-order chi connectivity index (χ0) is 18.7. The summed E-state index contributed by atoms with van der Waals surface area (Å²) in [6.45, 7) is -0.0990. The maximum Gasteiger partial charge on any atom is 0.264 e. The minimum absolute atomic E-state index is 0.000536. The maximum atomic E-state index is 12.4. The van der Waals surface area contributed by atoms with Gasteiger partial charge in [-0.15, -0.1) is 11.3 Å². The molecule has 7 nitrogen and oxygen atoms in total. The van der Waals surface area contributed by atoms with E-state index in [0.717, 1.165) is 17.3 Å². The van der Waals surface area contributed by atoms with Gasteiger partial charge in [0.2, 0.25) is 11.8 Å². The van der Waals surface area contributed by atoms with Crippen LogP contribution < -0.4 is 10.6 Å². The summed E-state index contributed by atoms with van der Waals surface area (Å²) in [5.74, 6) is -0.0917. The number of anilines is 2. The number of hydrogen-bond acceptors (Lipinski definition) is 5. The van der Waals surface area contributed by atoms with Crippen molar-refractivity contribution in [1.29, 1.82) is 0 Å². The molecule has 2 N–H and O–H groups in total. The van der Waals surface area contributed by atoms with E-state index in [1.54, 1.807) is 37.5 Å². The van der Waals surface area contributed by atoms with Gasteiger partial charge in [-0.2, -0.15) is 0 Å². The molecular weight excluding hydrogens is 420 g/mol.